The van der Waals surface area contributed by atoms with Gasteiger partial charge in [0, 0.05) is 24.5 Å². The molecule has 0 bridgehead atoms. The number of hydrogen-bond acceptors (Lipinski definition) is 2. The number of hydrogen-bond donors (Lipinski definition) is 0. The first kappa shape index (κ1) is 17.6. The molecule has 0 saturated carbocycles. The summed E-state index contributed by atoms with van der Waals surface area (Å²) in [6.07, 6.45) is -5.62. The normalized spacial score (nSPS) is 12.9. The fourth-order valence-electron chi connectivity index (χ4n) is 1.38. The second-order valence-corrected chi connectivity index (χ2v) is 6.80. The predicted molar refractivity (Wildman–Crippen MR) is 71.5 cm³/mol. The molecule has 114 valence electrons. The fraction of sp³-hybridized carbons (Fsp3) is 0.455. The molecular weight excluding hydrogens is 338 g/mol. The molecule has 0 fully saturated rings. The molecule has 0 amide bonds. The van der Waals surface area contributed by atoms with Gasteiger partial charge in [0.1, 0.15) is 0 Å². The van der Waals surface area contributed by atoms with Gasteiger partial charge < -0.3 is 0 Å². The maximum absolute atomic E-state index is 12.1. The number of rotatable bonds is 5. The standard InChI is InChI=1S/C11H12Cl2F3NO2S/c1-17(5-4-11(14,15)16)20(18,19)9-3-2-8(7-12)10(13)6-9/h2-3,6H,4-5,7H2,1H3. The van der Waals surface area contributed by atoms with Crippen molar-refractivity contribution in [3.63, 3.8) is 0 Å². The van der Waals surface area contributed by atoms with E-state index in [1.54, 1.807) is 0 Å². The Morgan fingerprint density at radius 1 is 1.30 bits per heavy atom. The third kappa shape index (κ3) is 4.51. The van der Waals surface area contributed by atoms with E-state index in [1.807, 2.05) is 0 Å². The number of sulfonamides is 1. The summed E-state index contributed by atoms with van der Waals surface area (Å²) in [4.78, 5) is -0.166. The zero-order chi connectivity index (χ0) is 15.6. The zero-order valence-electron chi connectivity index (χ0n) is 10.4. The first-order valence-electron chi connectivity index (χ1n) is 5.45. The van der Waals surface area contributed by atoms with Crippen LogP contribution in [0.2, 0.25) is 5.02 Å². The van der Waals surface area contributed by atoms with E-state index in [4.69, 9.17) is 23.2 Å². The van der Waals surface area contributed by atoms with Crippen LogP contribution >= 0.6 is 23.2 Å². The van der Waals surface area contributed by atoms with E-state index in [1.165, 1.54) is 18.2 Å². The molecular formula is C11H12Cl2F3NO2S. The Balaban J connectivity index is 2.96. The topological polar surface area (TPSA) is 37.4 Å². The lowest BCUT2D eigenvalue weighted by molar-refractivity contribution is -0.135. The molecule has 0 radical (unpaired) electrons. The van der Waals surface area contributed by atoms with E-state index in [-0.39, 0.29) is 15.8 Å². The highest BCUT2D eigenvalue weighted by Gasteiger charge is 2.30. The van der Waals surface area contributed by atoms with Gasteiger partial charge in [-0.3, -0.25) is 0 Å². The average molecular weight is 350 g/mol. The Bertz CT molecular complexity index is 576. The summed E-state index contributed by atoms with van der Waals surface area (Å²) in [6, 6.07) is 3.88. The van der Waals surface area contributed by atoms with Gasteiger partial charge >= 0.3 is 6.18 Å². The van der Waals surface area contributed by atoms with Gasteiger partial charge in [0.25, 0.3) is 0 Å². The zero-order valence-corrected chi connectivity index (χ0v) is 12.7. The van der Waals surface area contributed by atoms with Crippen LogP contribution < -0.4 is 0 Å². The summed E-state index contributed by atoms with van der Waals surface area (Å²) >= 11 is 11.4. The van der Waals surface area contributed by atoms with Crippen molar-refractivity contribution in [1.82, 2.24) is 4.31 Å². The van der Waals surface area contributed by atoms with Crippen LogP contribution in [0, 0.1) is 0 Å². The molecule has 0 aliphatic heterocycles. The second-order valence-electron chi connectivity index (χ2n) is 4.08. The smallest absolute Gasteiger partial charge is 0.207 e. The average Bonchev–Trinajstić information content (AvgIpc) is 2.34. The number of halogens is 5. The van der Waals surface area contributed by atoms with Crippen molar-refractivity contribution in [2.24, 2.45) is 0 Å². The van der Waals surface area contributed by atoms with Crippen molar-refractivity contribution in [3.8, 4) is 0 Å². The lowest BCUT2D eigenvalue weighted by atomic mass is 10.2. The van der Waals surface area contributed by atoms with Crippen LogP contribution in [0.4, 0.5) is 13.2 Å². The third-order valence-corrected chi connectivity index (χ3v) is 5.08. The van der Waals surface area contributed by atoms with Gasteiger partial charge in [0.15, 0.2) is 0 Å². The van der Waals surface area contributed by atoms with Crippen molar-refractivity contribution in [2.75, 3.05) is 13.6 Å². The molecule has 0 atom stereocenters. The van der Waals surface area contributed by atoms with Crippen LogP contribution in [0.5, 0.6) is 0 Å². The molecule has 0 saturated heterocycles. The highest BCUT2D eigenvalue weighted by atomic mass is 35.5. The largest absolute Gasteiger partial charge is 0.390 e. The molecule has 0 aliphatic rings. The number of nitrogens with zero attached hydrogens (tertiary/aromatic N) is 1. The summed E-state index contributed by atoms with van der Waals surface area (Å²) in [7, 11) is -2.92. The SMILES string of the molecule is CN(CCC(F)(F)F)S(=O)(=O)c1ccc(CCl)c(Cl)c1. The first-order valence-corrected chi connectivity index (χ1v) is 7.80. The van der Waals surface area contributed by atoms with E-state index in [0.717, 1.165) is 7.05 Å². The summed E-state index contributed by atoms with van der Waals surface area (Å²) in [6.45, 7) is -0.652. The van der Waals surface area contributed by atoms with Crippen molar-refractivity contribution in [3.05, 3.63) is 28.8 Å². The maximum atomic E-state index is 12.1. The molecule has 0 aromatic heterocycles. The molecule has 3 nitrogen and oxygen atoms in total. The van der Waals surface area contributed by atoms with Gasteiger partial charge in [-0.2, -0.15) is 13.2 Å². The molecule has 0 aliphatic carbocycles. The van der Waals surface area contributed by atoms with Crippen molar-refractivity contribution < 1.29 is 21.6 Å². The van der Waals surface area contributed by atoms with Gasteiger partial charge in [-0.05, 0) is 17.7 Å². The summed E-state index contributed by atoms with van der Waals surface area (Å²) in [5.41, 5.74) is 0.547. The monoisotopic (exact) mass is 349 g/mol. The number of alkyl halides is 4. The quantitative estimate of drug-likeness (QED) is 0.761. The van der Waals surface area contributed by atoms with Gasteiger partial charge in [0.05, 0.1) is 11.3 Å². The van der Waals surface area contributed by atoms with Crippen LogP contribution in [0.3, 0.4) is 0 Å². The van der Waals surface area contributed by atoms with Gasteiger partial charge in [-0.15, -0.1) is 11.6 Å². The lowest BCUT2D eigenvalue weighted by Gasteiger charge is -2.18. The summed E-state index contributed by atoms with van der Waals surface area (Å²) in [5, 5.41) is 0.158. The van der Waals surface area contributed by atoms with Gasteiger partial charge in [-0.25, -0.2) is 12.7 Å². The summed E-state index contributed by atoms with van der Waals surface area (Å²) in [5.74, 6) is 0.114. The van der Waals surface area contributed by atoms with E-state index in [9.17, 15) is 21.6 Å². The molecule has 1 aromatic rings. The number of benzene rings is 1. The van der Waals surface area contributed by atoms with E-state index < -0.39 is 29.2 Å². The highest BCUT2D eigenvalue weighted by Crippen LogP contribution is 2.25. The Morgan fingerprint density at radius 2 is 1.90 bits per heavy atom. The van der Waals surface area contributed by atoms with Crippen molar-refractivity contribution >= 4 is 33.2 Å². The minimum atomic E-state index is -4.41. The Kier molecular flexibility index (Phi) is 5.71. The Hall–Kier alpha value is -0.500. The molecule has 9 heteroatoms. The van der Waals surface area contributed by atoms with Crippen LogP contribution in [-0.2, 0) is 15.9 Å². The molecule has 20 heavy (non-hydrogen) atoms. The highest BCUT2D eigenvalue weighted by molar-refractivity contribution is 7.89. The molecule has 1 rings (SSSR count). The molecule has 1 aromatic carbocycles. The van der Waals surface area contributed by atoms with Gasteiger partial charge in [0.2, 0.25) is 10.0 Å². The van der Waals surface area contributed by atoms with Crippen LogP contribution in [0.25, 0.3) is 0 Å². The van der Waals surface area contributed by atoms with E-state index in [2.05, 4.69) is 0 Å². The van der Waals surface area contributed by atoms with Crippen LogP contribution in [0.15, 0.2) is 23.1 Å². The Morgan fingerprint density at radius 3 is 2.35 bits per heavy atom. The second kappa shape index (κ2) is 6.51. The minimum absolute atomic E-state index is 0.114. The Labute approximate surface area is 125 Å². The van der Waals surface area contributed by atoms with E-state index in [0.29, 0.717) is 9.87 Å². The van der Waals surface area contributed by atoms with Crippen LogP contribution in [-0.4, -0.2) is 32.5 Å². The molecule has 0 spiro atoms. The maximum Gasteiger partial charge on any atom is 0.390 e. The molecule has 0 heterocycles. The summed E-state index contributed by atoms with van der Waals surface area (Å²) < 4.78 is 61.1. The van der Waals surface area contributed by atoms with Crippen molar-refractivity contribution in [1.29, 1.82) is 0 Å². The predicted octanol–water partition coefficient (Wildman–Crippen LogP) is 3.65. The lowest BCUT2D eigenvalue weighted by Crippen LogP contribution is -2.30. The van der Waals surface area contributed by atoms with Crippen LogP contribution in [0.1, 0.15) is 12.0 Å². The van der Waals surface area contributed by atoms with E-state index >= 15 is 0 Å². The van der Waals surface area contributed by atoms with Gasteiger partial charge in [-0.1, -0.05) is 17.7 Å². The van der Waals surface area contributed by atoms with Crippen molar-refractivity contribution in [2.45, 2.75) is 23.4 Å². The first-order chi connectivity index (χ1) is 9.08. The third-order valence-electron chi connectivity index (χ3n) is 2.59. The molecule has 0 unspecified atom stereocenters. The molecule has 0 N–H and O–H groups in total. The minimum Gasteiger partial charge on any atom is -0.207 e. The fourth-order valence-corrected chi connectivity index (χ4v) is 3.19.